The number of aliphatic hydroxyl groups excluding tert-OH is 1. The van der Waals surface area contributed by atoms with Gasteiger partial charge < -0.3 is 15.3 Å². The van der Waals surface area contributed by atoms with Crippen LogP contribution in [0.1, 0.15) is 30.1 Å². The Hall–Kier alpha value is -1.88. The van der Waals surface area contributed by atoms with Crippen LogP contribution in [0.2, 0.25) is 0 Å². The van der Waals surface area contributed by atoms with E-state index in [0.29, 0.717) is 17.8 Å². The highest BCUT2D eigenvalue weighted by atomic mass is 16.3. The SMILES string of the molecule is CC(=O)Nc1cccc(C(=O)N2CCCC2CO)c1. The van der Waals surface area contributed by atoms with Crippen molar-refractivity contribution >= 4 is 17.5 Å². The van der Waals surface area contributed by atoms with Gasteiger partial charge in [0.25, 0.3) is 5.91 Å². The van der Waals surface area contributed by atoms with E-state index in [1.807, 2.05) is 0 Å². The first-order chi connectivity index (χ1) is 9.11. The Balaban J connectivity index is 2.16. The molecular weight excluding hydrogens is 244 g/mol. The first kappa shape index (κ1) is 13.5. The van der Waals surface area contributed by atoms with Crippen molar-refractivity contribution in [1.29, 1.82) is 0 Å². The molecule has 2 rings (SSSR count). The molecule has 2 N–H and O–H groups in total. The molecule has 1 aliphatic rings. The van der Waals surface area contributed by atoms with E-state index in [2.05, 4.69) is 5.32 Å². The molecule has 102 valence electrons. The van der Waals surface area contributed by atoms with Gasteiger partial charge in [-0.05, 0) is 31.0 Å². The Morgan fingerprint density at radius 1 is 1.47 bits per heavy atom. The van der Waals surface area contributed by atoms with E-state index >= 15 is 0 Å². The van der Waals surface area contributed by atoms with Crippen LogP contribution in [0.15, 0.2) is 24.3 Å². The van der Waals surface area contributed by atoms with Crippen LogP contribution in [-0.2, 0) is 4.79 Å². The van der Waals surface area contributed by atoms with Crippen molar-refractivity contribution in [3.63, 3.8) is 0 Å². The summed E-state index contributed by atoms with van der Waals surface area (Å²) in [6.07, 6.45) is 1.76. The van der Waals surface area contributed by atoms with Gasteiger partial charge in [0.05, 0.1) is 12.6 Å². The average molecular weight is 262 g/mol. The van der Waals surface area contributed by atoms with Crippen LogP contribution >= 0.6 is 0 Å². The second-order valence-corrected chi connectivity index (χ2v) is 4.74. The summed E-state index contributed by atoms with van der Waals surface area (Å²) in [6, 6.07) is 6.78. The number of rotatable bonds is 3. The normalized spacial score (nSPS) is 18.4. The summed E-state index contributed by atoms with van der Waals surface area (Å²) >= 11 is 0. The second kappa shape index (κ2) is 5.84. The molecule has 5 nitrogen and oxygen atoms in total. The smallest absolute Gasteiger partial charge is 0.254 e. The molecule has 1 saturated heterocycles. The lowest BCUT2D eigenvalue weighted by molar-refractivity contribution is -0.114. The molecule has 0 saturated carbocycles. The zero-order valence-corrected chi connectivity index (χ0v) is 10.9. The molecule has 1 unspecified atom stereocenters. The number of carbonyl (C=O) groups excluding carboxylic acids is 2. The fourth-order valence-electron chi connectivity index (χ4n) is 2.39. The van der Waals surface area contributed by atoms with Crippen LogP contribution in [0, 0.1) is 0 Å². The zero-order valence-electron chi connectivity index (χ0n) is 10.9. The number of nitrogens with zero attached hydrogens (tertiary/aromatic N) is 1. The summed E-state index contributed by atoms with van der Waals surface area (Å²) in [5, 5.41) is 11.9. The van der Waals surface area contributed by atoms with Crippen molar-refractivity contribution in [3.05, 3.63) is 29.8 Å². The molecule has 2 amide bonds. The van der Waals surface area contributed by atoms with Gasteiger partial charge in [0, 0.05) is 24.7 Å². The molecule has 0 bridgehead atoms. The predicted octanol–water partition coefficient (Wildman–Crippen LogP) is 1.24. The molecule has 1 aromatic rings. The van der Waals surface area contributed by atoms with Gasteiger partial charge in [-0.1, -0.05) is 6.07 Å². The molecule has 1 atom stereocenters. The van der Waals surface area contributed by atoms with Gasteiger partial charge in [-0.2, -0.15) is 0 Å². The van der Waals surface area contributed by atoms with Gasteiger partial charge in [0.2, 0.25) is 5.91 Å². The van der Waals surface area contributed by atoms with Crippen LogP contribution in [0.3, 0.4) is 0 Å². The maximum atomic E-state index is 12.4. The summed E-state index contributed by atoms with van der Waals surface area (Å²) < 4.78 is 0. The molecule has 1 aliphatic heterocycles. The average Bonchev–Trinajstić information content (AvgIpc) is 2.85. The van der Waals surface area contributed by atoms with Gasteiger partial charge in [0.15, 0.2) is 0 Å². The minimum Gasteiger partial charge on any atom is -0.394 e. The van der Waals surface area contributed by atoms with Crippen LogP contribution in [0.4, 0.5) is 5.69 Å². The summed E-state index contributed by atoms with van der Waals surface area (Å²) in [7, 11) is 0. The van der Waals surface area contributed by atoms with Crippen LogP contribution in [0.5, 0.6) is 0 Å². The Morgan fingerprint density at radius 2 is 2.26 bits per heavy atom. The fraction of sp³-hybridized carbons (Fsp3) is 0.429. The molecule has 0 spiro atoms. The topological polar surface area (TPSA) is 69.6 Å². The molecule has 0 radical (unpaired) electrons. The first-order valence-corrected chi connectivity index (χ1v) is 6.41. The standard InChI is InChI=1S/C14H18N2O3/c1-10(18)15-12-5-2-4-11(8-12)14(19)16-7-3-6-13(16)9-17/h2,4-5,8,13,17H,3,6-7,9H2,1H3,(H,15,18). The number of nitrogens with one attached hydrogen (secondary N) is 1. The highest BCUT2D eigenvalue weighted by Crippen LogP contribution is 2.21. The highest BCUT2D eigenvalue weighted by molar-refractivity contribution is 5.97. The quantitative estimate of drug-likeness (QED) is 0.861. The highest BCUT2D eigenvalue weighted by Gasteiger charge is 2.28. The third-order valence-electron chi connectivity index (χ3n) is 3.28. The summed E-state index contributed by atoms with van der Waals surface area (Å²) in [5.41, 5.74) is 1.14. The van der Waals surface area contributed by atoms with Crippen LogP contribution < -0.4 is 5.32 Å². The van der Waals surface area contributed by atoms with Crippen molar-refractivity contribution in [2.75, 3.05) is 18.5 Å². The lowest BCUT2D eigenvalue weighted by Crippen LogP contribution is -2.37. The van der Waals surface area contributed by atoms with Crippen LogP contribution in [0.25, 0.3) is 0 Å². The predicted molar refractivity (Wildman–Crippen MR) is 71.9 cm³/mol. The maximum absolute atomic E-state index is 12.4. The second-order valence-electron chi connectivity index (χ2n) is 4.74. The number of benzene rings is 1. The molecule has 1 aromatic carbocycles. The van der Waals surface area contributed by atoms with Crippen molar-refractivity contribution in [2.24, 2.45) is 0 Å². The Morgan fingerprint density at radius 3 is 2.95 bits per heavy atom. The molecule has 0 aliphatic carbocycles. The Kier molecular flexibility index (Phi) is 4.16. The van der Waals surface area contributed by atoms with E-state index in [9.17, 15) is 14.7 Å². The number of hydrogen-bond donors (Lipinski definition) is 2. The number of amides is 2. The minimum atomic E-state index is -0.168. The number of carbonyl (C=O) groups is 2. The van der Waals surface area contributed by atoms with E-state index in [1.165, 1.54) is 6.92 Å². The third kappa shape index (κ3) is 3.12. The van der Waals surface area contributed by atoms with Crippen molar-refractivity contribution in [1.82, 2.24) is 4.90 Å². The zero-order chi connectivity index (χ0) is 13.8. The Labute approximate surface area is 112 Å². The van der Waals surface area contributed by atoms with Crippen molar-refractivity contribution in [2.45, 2.75) is 25.8 Å². The van der Waals surface area contributed by atoms with E-state index in [-0.39, 0.29) is 24.5 Å². The van der Waals surface area contributed by atoms with Gasteiger partial charge in [0.1, 0.15) is 0 Å². The summed E-state index contributed by atoms with van der Waals surface area (Å²) in [6.45, 7) is 2.10. The fourth-order valence-corrected chi connectivity index (χ4v) is 2.39. The monoisotopic (exact) mass is 262 g/mol. The molecule has 5 heteroatoms. The summed E-state index contributed by atoms with van der Waals surface area (Å²) in [5.74, 6) is -0.261. The van der Waals surface area contributed by atoms with Gasteiger partial charge in [-0.3, -0.25) is 9.59 Å². The van der Waals surface area contributed by atoms with Crippen molar-refractivity contribution in [3.8, 4) is 0 Å². The Bertz CT molecular complexity index is 487. The van der Waals surface area contributed by atoms with Crippen molar-refractivity contribution < 1.29 is 14.7 Å². The minimum absolute atomic E-state index is 0.00285. The number of anilines is 1. The van der Waals surface area contributed by atoms with Gasteiger partial charge in [-0.15, -0.1) is 0 Å². The number of hydrogen-bond acceptors (Lipinski definition) is 3. The molecule has 19 heavy (non-hydrogen) atoms. The lowest BCUT2D eigenvalue weighted by atomic mass is 10.1. The first-order valence-electron chi connectivity index (χ1n) is 6.41. The summed E-state index contributed by atoms with van der Waals surface area (Å²) in [4.78, 5) is 25.1. The van der Waals surface area contributed by atoms with Gasteiger partial charge in [-0.25, -0.2) is 0 Å². The molecular formula is C14H18N2O3. The molecule has 1 heterocycles. The number of likely N-dealkylation sites (tertiary alicyclic amines) is 1. The van der Waals surface area contributed by atoms with E-state index in [1.54, 1.807) is 29.2 Å². The maximum Gasteiger partial charge on any atom is 0.254 e. The van der Waals surface area contributed by atoms with E-state index in [4.69, 9.17) is 0 Å². The lowest BCUT2D eigenvalue weighted by Gasteiger charge is -2.23. The largest absolute Gasteiger partial charge is 0.394 e. The van der Waals surface area contributed by atoms with E-state index < -0.39 is 0 Å². The molecule has 0 aromatic heterocycles. The molecule has 1 fully saturated rings. The van der Waals surface area contributed by atoms with E-state index in [0.717, 1.165) is 12.8 Å². The van der Waals surface area contributed by atoms with Gasteiger partial charge >= 0.3 is 0 Å². The van der Waals surface area contributed by atoms with Crippen LogP contribution in [-0.4, -0.2) is 41.0 Å². The third-order valence-corrected chi connectivity index (χ3v) is 3.28. The number of aliphatic hydroxyl groups is 1.